The van der Waals surface area contributed by atoms with Crippen molar-refractivity contribution in [1.29, 1.82) is 0 Å². The minimum absolute atomic E-state index is 0.279. The summed E-state index contributed by atoms with van der Waals surface area (Å²) in [6, 6.07) is 17.3. The summed E-state index contributed by atoms with van der Waals surface area (Å²) in [7, 11) is 3.36. The number of fused-ring (bicyclic) bond motifs is 4. The van der Waals surface area contributed by atoms with Crippen molar-refractivity contribution in [2.75, 3.05) is 20.8 Å². The molecule has 31 heavy (non-hydrogen) atoms. The molecule has 0 N–H and O–H groups in total. The number of halogens is 1. The van der Waals surface area contributed by atoms with E-state index < -0.39 is 0 Å². The number of rotatable bonds is 5. The summed E-state index contributed by atoms with van der Waals surface area (Å²) in [6.45, 7) is 1.92. The highest BCUT2D eigenvalue weighted by atomic mass is 32.2. The van der Waals surface area contributed by atoms with Gasteiger partial charge >= 0.3 is 0 Å². The van der Waals surface area contributed by atoms with E-state index in [-0.39, 0.29) is 5.82 Å². The topological polar surface area (TPSA) is 30.9 Å². The fraction of sp³-hybridized carbons (Fsp3) is 0.280. The van der Waals surface area contributed by atoms with Gasteiger partial charge in [0.2, 0.25) is 0 Å². The predicted octanol–water partition coefficient (Wildman–Crippen LogP) is 5.58. The number of hydrogen-bond donors (Lipinski definition) is 0. The lowest BCUT2D eigenvalue weighted by molar-refractivity contribution is 0.160. The quantitative estimate of drug-likeness (QED) is 0.486. The molecule has 0 saturated heterocycles. The van der Waals surface area contributed by atoms with Crippen LogP contribution in [0.2, 0.25) is 0 Å². The highest BCUT2D eigenvalue weighted by molar-refractivity contribution is 7.95. The molecule has 0 aliphatic carbocycles. The average molecular weight is 438 g/mol. The third kappa shape index (κ3) is 3.98. The number of nitrogens with zero attached hydrogens (tertiary/aromatic N) is 1. The summed E-state index contributed by atoms with van der Waals surface area (Å²) in [4.78, 5) is 3.25. The molecule has 160 valence electrons. The first kappa shape index (κ1) is 20.2. The molecule has 2 aliphatic rings. The van der Waals surface area contributed by atoms with Crippen LogP contribution in [0.25, 0.3) is 0 Å². The van der Waals surface area contributed by atoms with Crippen LogP contribution in [0.1, 0.15) is 28.3 Å². The lowest BCUT2D eigenvalue weighted by Crippen LogP contribution is -2.39. The van der Waals surface area contributed by atoms with Crippen molar-refractivity contribution >= 4 is 12.0 Å². The number of benzene rings is 3. The van der Waals surface area contributed by atoms with Gasteiger partial charge in [-0.3, -0.25) is 4.90 Å². The molecule has 1 unspecified atom stereocenters. The summed E-state index contributed by atoms with van der Waals surface area (Å²) < 4.78 is 30.5. The van der Waals surface area contributed by atoms with Crippen LogP contribution in [-0.4, -0.2) is 25.7 Å². The zero-order chi connectivity index (χ0) is 21.4. The summed E-state index contributed by atoms with van der Waals surface area (Å²) >= 11 is 1.14. The molecule has 0 bridgehead atoms. The second-order valence-corrected chi connectivity index (χ2v) is 8.71. The van der Waals surface area contributed by atoms with Gasteiger partial charge in [0.1, 0.15) is 11.6 Å². The molecular weight excluding hydrogens is 413 g/mol. The maximum absolute atomic E-state index is 13.5. The lowest BCUT2D eigenvalue weighted by Gasteiger charge is -2.41. The van der Waals surface area contributed by atoms with E-state index in [1.165, 1.54) is 34.4 Å². The molecule has 0 saturated carbocycles. The molecule has 2 heterocycles. The number of methoxy groups -OCH3 is 2. The van der Waals surface area contributed by atoms with Crippen LogP contribution >= 0.6 is 12.0 Å². The Kier molecular flexibility index (Phi) is 5.50. The van der Waals surface area contributed by atoms with Gasteiger partial charge in [0.05, 0.1) is 31.2 Å². The highest BCUT2D eigenvalue weighted by Gasteiger charge is 2.33. The van der Waals surface area contributed by atoms with Crippen molar-refractivity contribution in [1.82, 2.24) is 4.90 Å². The van der Waals surface area contributed by atoms with E-state index >= 15 is 0 Å². The van der Waals surface area contributed by atoms with Crippen LogP contribution in [0.3, 0.4) is 0 Å². The Bertz CT molecular complexity index is 1120. The third-order valence-corrected chi connectivity index (χ3v) is 6.82. The first-order valence-corrected chi connectivity index (χ1v) is 11.1. The molecule has 4 nitrogen and oxygen atoms in total. The van der Waals surface area contributed by atoms with E-state index in [1.54, 1.807) is 20.3 Å². The molecule has 6 heteroatoms. The Balaban J connectivity index is 1.42. The van der Waals surface area contributed by atoms with Gasteiger partial charge in [0.25, 0.3) is 0 Å². The molecule has 0 amide bonds. The Labute approximate surface area is 186 Å². The number of hydrogen-bond acceptors (Lipinski definition) is 5. The molecule has 5 rings (SSSR count). The summed E-state index contributed by atoms with van der Waals surface area (Å²) in [5, 5.41) is 0. The largest absolute Gasteiger partial charge is 0.497 e. The Morgan fingerprint density at radius 1 is 0.935 bits per heavy atom. The van der Waals surface area contributed by atoms with Gasteiger partial charge in [0.15, 0.2) is 11.5 Å². The zero-order valence-corrected chi connectivity index (χ0v) is 18.4. The first-order valence-electron chi connectivity index (χ1n) is 10.4. The maximum atomic E-state index is 13.5. The van der Waals surface area contributed by atoms with Gasteiger partial charge in [0, 0.05) is 19.1 Å². The molecule has 0 aromatic heterocycles. The smallest absolute Gasteiger partial charge is 0.179 e. The van der Waals surface area contributed by atoms with Crippen molar-refractivity contribution in [2.45, 2.75) is 30.3 Å². The SMILES string of the molecule is COc1ccc2c(c1)CCN1Cc3cc(OC)c(OSc4cccc(F)c4)cc3CC21. The van der Waals surface area contributed by atoms with E-state index in [0.29, 0.717) is 22.4 Å². The lowest BCUT2D eigenvalue weighted by atomic mass is 9.84. The van der Waals surface area contributed by atoms with Crippen LogP contribution in [0.15, 0.2) is 59.5 Å². The fourth-order valence-corrected chi connectivity index (χ4v) is 5.15. The molecule has 0 radical (unpaired) electrons. The second-order valence-electron chi connectivity index (χ2n) is 7.90. The molecule has 0 fully saturated rings. The second kappa shape index (κ2) is 8.44. The monoisotopic (exact) mass is 437 g/mol. The van der Waals surface area contributed by atoms with Gasteiger partial charge in [-0.25, -0.2) is 4.39 Å². The van der Waals surface area contributed by atoms with E-state index in [0.717, 1.165) is 43.7 Å². The van der Waals surface area contributed by atoms with Crippen LogP contribution < -0.4 is 13.7 Å². The minimum Gasteiger partial charge on any atom is -0.497 e. The summed E-state index contributed by atoms with van der Waals surface area (Å²) in [5.41, 5.74) is 5.29. The molecule has 1 atom stereocenters. The zero-order valence-electron chi connectivity index (χ0n) is 17.6. The maximum Gasteiger partial charge on any atom is 0.179 e. The van der Waals surface area contributed by atoms with Gasteiger partial charge in [-0.05, 0) is 77.6 Å². The Hall–Kier alpha value is -2.70. The molecule has 0 spiro atoms. The summed E-state index contributed by atoms with van der Waals surface area (Å²) in [6.07, 6.45) is 1.95. The Morgan fingerprint density at radius 3 is 2.61 bits per heavy atom. The molecule has 3 aromatic carbocycles. The standard InChI is InChI=1S/C25H24FNO3S/c1-28-20-6-7-22-16(10-20)8-9-27-15-18-13-24(29-2)25(12-17(18)11-23(22)27)30-31-21-5-3-4-19(26)14-21/h3-7,10,12-14,23H,8-9,11,15H2,1-2H3. The first-order chi connectivity index (χ1) is 15.1. The van der Waals surface area contributed by atoms with Crippen LogP contribution in [-0.2, 0) is 19.4 Å². The van der Waals surface area contributed by atoms with Crippen molar-refractivity contribution in [3.8, 4) is 17.2 Å². The van der Waals surface area contributed by atoms with E-state index in [4.69, 9.17) is 13.7 Å². The van der Waals surface area contributed by atoms with Crippen LogP contribution in [0.4, 0.5) is 4.39 Å². The van der Waals surface area contributed by atoms with Gasteiger partial charge < -0.3 is 13.7 Å². The number of ether oxygens (including phenoxy) is 2. The minimum atomic E-state index is -0.279. The van der Waals surface area contributed by atoms with Crippen molar-refractivity contribution in [2.24, 2.45) is 0 Å². The summed E-state index contributed by atoms with van der Waals surface area (Å²) in [5.74, 6) is 2.00. The molecular formula is C25H24FNO3S. The van der Waals surface area contributed by atoms with E-state index in [2.05, 4.69) is 35.2 Å². The fourth-order valence-electron chi connectivity index (χ4n) is 4.54. The molecule has 3 aromatic rings. The van der Waals surface area contributed by atoms with Crippen molar-refractivity contribution < 1.29 is 18.0 Å². The van der Waals surface area contributed by atoms with E-state index in [9.17, 15) is 4.39 Å². The van der Waals surface area contributed by atoms with Gasteiger partial charge in [-0.2, -0.15) is 0 Å². The van der Waals surface area contributed by atoms with E-state index in [1.807, 2.05) is 6.07 Å². The normalized spacial score (nSPS) is 17.3. The third-order valence-electron chi connectivity index (χ3n) is 6.11. The van der Waals surface area contributed by atoms with Crippen LogP contribution in [0, 0.1) is 5.82 Å². The molecule has 2 aliphatic heterocycles. The Morgan fingerprint density at radius 2 is 1.81 bits per heavy atom. The van der Waals surface area contributed by atoms with Gasteiger partial charge in [-0.1, -0.05) is 12.1 Å². The van der Waals surface area contributed by atoms with Crippen LogP contribution in [0.5, 0.6) is 17.2 Å². The van der Waals surface area contributed by atoms with Gasteiger partial charge in [-0.15, -0.1) is 0 Å². The predicted molar refractivity (Wildman–Crippen MR) is 119 cm³/mol. The van der Waals surface area contributed by atoms with Crippen molar-refractivity contribution in [3.05, 3.63) is 82.7 Å². The van der Waals surface area contributed by atoms with Crippen molar-refractivity contribution in [3.63, 3.8) is 0 Å². The average Bonchev–Trinajstić information content (AvgIpc) is 2.80. The highest BCUT2D eigenvalue weighted by Crippen LogP contribution is 2.43.